The first-order chi connectivity index (χ1) is 15.0. The second-order valence-corrected chi connectivity index (χ2v) is 7.13. The Hall–Kier alpha value is -4.13. The summed E-state index contributed by atoms with van der Waals surface area (Å²) in [7, 11) is 1.60. The molecule has 1 amide bonds. The smallest absolute Gasteiger partial charge is 0.258 e. The minimum absolute atomic E-state index is 0.115. The predicted molar refractivity (Wildman–Crippen MR) is 121 cm³/mol. The summed E-state index contributed by atoms with van der Waals surface area (Å²) in [6.45, 7) is 2.33. The first-order valence-electron chi connectivity index (χ1n) is 9.80. The fourth-order valence-electron chi connectivity index (χ4n) is 3.16. The van der Waals surface area contributed by atoms with E-state index < -0.39 is 0 Å². The lowest BCUT2D eigenvalue weighted by atomic mass is 10.2. The molecule has 156 valence electrons. The van der Waals surface area contributed by atoms with Crippen molar-refractivity contribution >= 4 is 22.9 Å². The molecule has 4 aromatic rings. The van der Waals surface area contributed by atoms with Crippen LogP contribution in [0.15, 0.2) is 77.7 Å². The molecule has 0 aliphatic carbocycles. The van der Waals surface area contributed by atoms with E-state index in [4.69, 9.17) is 4.74 Å². The van der Waals surface area contributed by atoms with E-state index in [-0.39, 0.29) is 11.5 Å². The van der Waals surface area contributed by atoms with E-state index in [9.17, 15) is 9.59 Å². The van der Waals surface area contributed by atoms with Crippen LogP contribution >= 0.6 is 0 Å². The molecule has 0 bridgehead atoms. The van der Waals surface area contributed by atoms with Crippen LogP contribution < -0.4 is 20.9 Å². The lowest BCUT2D eigenvalue weighted by Crippen LogP contribution is -2.17. The highest BCUT2D eigenvalue weighted by atomic mass is 16.5. The van der Waals surface area contributed by atoms with Crippen molar-refractivity contribution < 1.29 is 9.53 Å². The molecule has 0 aliphatic heterocycles. The molecule has 0 spiro atoms. The van der Waals surface area contributed by atoms with Crippen LogP contribution in [0.2, 0.25) is 0 Å². The van der Waals surface area contributed by atoms with Crippen molar-refractivity contribution in [1.82, 2.24) is 9.38 Å². The van der Waals surface area contributed by atoms with E-state index in [0.29, 0.717) is 29.1 Å². The number of aryl methyl sites for hydroxylation is 1. The van der Waals surface area contributed by atoms with Gasteiger partial charge in [0.2, 0.25) is 0 Å². The van der Waals surface area contributed by atoms with Gasteiger partial charge in [-0.1, -0.05) is 6.07 Å². The number of carbonyl (C=O) groups is 1. The van der Waals surface area contributed by atoms with Crippen molar-refractivity contribution in [2.24, 2.45) is 0 Å². The van der Waals surface area contributed by atoms with Gasteiger partial charge in [0.15, 0.2) is 0 Å². The van der Waals surface area contributed by atoms with E-state index in [2.05, 4.69) is 15.6 Å². The lowest BCUT2D eigenvalue weighted by Gasteiger charge is -2.09. The molecule has 7 heteroatoms. The maximum Gasteiger partial charge on any atom is 0.258 e. The molecule has 2 aromatic carbocycles. The summed E-state index contributed by atoms with van der Waals surface area (Å²) in [4.78, 5) is 29.3. The van der Waals surface area contributed by atoms with Crippen LogP contribution in [0.5, 0.6) is 5.75 Å². The summed E-state index contributed by atoms with van der Waals surface area (Å²) >= 11 is 0. The van der Waals surface area contributed by atoms with Crippen molar-refractivity contribution in [3.8, 4) is 5.75 Å². The fourth-order valence-corrected chi connectivity index (χ4v) is 3.16. The molecular weight excluding hydrogens is 392 g/mol. The first-order valence-corrected chi connectivity index (χ1v) is 9.80. The Kier molecular flexibility index (Phi) is 5.66. The summed E-state index contributed by atoms with van der Waals surface area (Å²) in [5.74, 6) is 0.531. The van der Waals surface area contributed by atoms with Gasteiger partial charge in [0.1, 0.15) is 11.4 Å². The number of hydrogen-bond donors (Lipinski definition) is 2. The average Bonchev–Trinajstić information content (AvgIpc) is 2.79. The molecule has 2 N–H and O–H groups in total. The molecule has 0 saturated carbocycles. The van der Waals surface area contributed by atoms with Gasteiger partial charge >= 0.3 is 0 Å². The first kappa shape index (κ1) is 20.2. The van der Waals surface area contributed by atoms with Crippen LogP contribution in [0.1, 0.15) is 21.6 Å². The summed E-state index contributed by atoms with van der Waals surface area (Å²) in [5.41, 5.74) is 4.20. The number of benzene rings is 2. The number of fused-ring (bicyclic) bond motifs is 1. The zero-order chi connectivity index (χ0) is 21.8. The van der Waals surface area contributed by atoms with Crippen LogP contribution in [-0.4, -0.2) is 22.4 Å². The number of rotatable bonds is 6. The Morgan fingerprint density at radius 2 is 1.71 bits per heavy atom. The molecule has 0 atom stereocenters. The van der Waals surface area contributed by atoms with Gasteiger partial charge < -0.3 is 15.4 Å². The Balaban J connectivity index is 1.40. The van der Waals surface area contributed by atoms with Gasteiger partial charge in [-0.05, 0) is 67.1 Å². The minimum Gasteiger partial charge on any atom is -0.497 e. The van der Waals surface area contributed by atoms with Crippen molar-refractivity contribution in [1.29, 1.82) is 0 Å². The largest absolute Gasteiger partial charge is 0.497 e. The third-order valence-corrected chi connectivity index (χ3v) is 4.83. The number of pyridine rings is 1. The summed E-state index contributed by atoms with van der Waals surface area (Å²) in [6, 6.07) is 19.5. The SMILES string of the molecule is COc1ccc(NC(=O)c2ccc(NCc3cc(=O)n4cc(C)ccc4n3)cc2)cc1. The van der Waals surface area contributed by atoms with Gasteiger partial charge in [-0.2, -0.15) is 0 Å². The number of nitrogens with one attached hydrogen (secondary N) is 2. The predicted octanol–water partition coefficient (Wildman–Crippen LogP) is 3.88. The van der Waals surface area contributed by atoms with Crippen LogP contribution in [-0.2, 0) is 6.54 Å². The van der Waals surface area contributed by atoms with E-state index in [1.165, 1.54) is 10.5 Å². The second kappa shape index (κ2) is 8.71. The monoisotopic (exact) mass is 414 g/mol. The molecule has 0 aliphatic rings. The topological polar surface area (TPSA) is 84.7 Å². The van der Waals surface area contributed by atoms with Crippen LogP contribution in [0, 0.1) is 6.92 Å². The second-order valence-electron chi connectivity index (χ2n) is 7.13. The number of methoxy groups -OCH3 is 1. The molecule has 31 heavy (non-hydrogen) atoms. The number of carbonyl (C=O) groups excluding carboxylic acids is 1. The number of nitrogens with zero attached hydrogens (tertiary/aromatic N) is 2. The number of aromatic nitrogens is 2. The third-order valence-electron chi connectivity index (χ3n) is 4.83. The molecule has 0 unspecified atom stereocenters. The Morgan fingerprint density at radius 3 is 2.42 bits per heavy atom. The third kappa shape index (κ3) is 4.72. The molecule has 4 rings (SSSR count). The van der Waals surface area contributed by atoms with Crippen molar-refractivity contribution in [2.45, 2.75) is 13.5 Å². The summed E-state index contributed by atoms with van der Waals surface area (Å²) < 4.78 is 6.65. The van der Waals surface area contributed by atoms with E-state index in [1.807, 2.05) is 31.2 Å². The zero-order valence-electron chi connectivity index (χ0n) is 17.3. The summed E-state index contributed by atoms with van der Waals surface area (Å²) in [5, 5.41) is 6.09. The molecule has 7 nitrogen and oxygen atoms in total. The molecule has 0 fully saturated rings. The minimum atomic E-state index is -0.198. The van der Waals surface area contributed by atoms with Gasteiger partial charge in [-0.15, -0.1) is 0 Å². The molecule has 2 aromatic heterocycles. The maximum absolute atomic E-state index is 12.4. The Labute approximate surface area is 179 Å². The highest BCUT2D eigenvalue weighted by Crippen LogP contribution is 2.17. The molecule has 0 saturated heterocycles. The quantitative estimate of drug-likeness (QED) is 0.500. The Morgan fingerprint density at radius 1 is 1.00 bits per heavy atom. The fraction of sp³-hybridized carbons (Fsp3) is 0.125. The summed E-state index contributed by atoms with van der Waals surface area (Å²) in [6.07, 6.45) is 1.78. The van der Waals surface area contributed by atoms with Crippen LogP contribution in [0.3, 0.4) is 0 Å². The average molecular weight is 414 g/mol. The van der Waals surface area contributed by atoms with Crippen molar-refractivity contribution in [2.75, 3.05) is 17.7 Å². The highest BCUT2D eigenvalue weighted by Gasteiger charge is 2.07. The van der Waals surface area contributed by atoms with Gasteiger partial charge in [0, 0.05) is 29.2 Å². The van der Waals surface area contributed by atoms with E-state index in [0.717, 1.165) is 17.0 Å². The zero-order valence-corrected chi connectivity index (χ0v) is 17.3. The van der Waals surface area contributed by atoms with Crippen LogP contribution in [0.25, 0.3) is 5.65 Å². The number of amides is 1. The van der Waals surface area contributed by atoms with Gasteiger partial charge in [-0.25, -0.2) is 4.98 Å². The van der Waals surface area contributed by atoms with Gasteiger partial charge in [0.25, 0.3) is 11.5 Å². The Bertz CT molecular complexity index is 1280. The van der Waals surface area contributed by atoms with E-state index in [1.54, 1.807) is 49.7 Å². The standard InChI is InChI=1S/C24H22N4O3/c1-16-3-12-22-26-20(13-23(29)28(22)15-16)14-25-18-6-4-17(5-7-18)24(30)27-19-8-10-21(31-2)11-9-19/h3-13,15,25H,14H2,1-2H3,(H,27,30). The van der Waals surface area contributed by atoms with Gasteiger partial charge in [-0.3, -0.25) is 14.0 Å². The number of hydrogen-bond acceptors (Lipinski definition) is 5. The molecular formula is C24H22N4O3. The van der Waals surface area contributed by atoms with Crippen molar-refractivity contribution in [3.63, 3.8) is 0 Å². The number of ether oxygens (including phenoxy) is 1. The molecule has 0 radical (unpaired) electrons. The highest BCUT2D eigenvalue weighted by molar-refractivity contribution is 6.04. The normalized spacial score (nSPS) is 10.6. The maximum atomic E-state index is 12.4. The van der Waals surface area contributed by atoms with Gasteiger partial charge in [0.05, 0.1) is 19.3 Å². The van der Waals surface area contributed by atoms with Crippen molar-refractivity contribution in [3.05, 3.63) is 100 Å². The lowest BCUT2D eigenvalue weighted by molar-refractivity contribution is 0.102. The molecule has 2 heterocycles. The van der Waals surface area contributed by atoms with E-state index >= 15 is 0 Å². The number of anilines is 2. The van der Waals surface area contributed by atoms with Crippen LogP contribution in [0.4, 0.5) is 11.4 Å².